The first-order valence-corrected chi connectivity index (χ1v) is 35.4. The molecular formula is C71H131NO13. The van der Waals surface area contributed by atoms with Crippen molar-refractivity contribution in [1.29, 1.82) is 0 Å². The Balaban J connectivity index is 1.54. The summed E-state index contributed by atoms with van der Waals surface area (Å²) >= 11 is 0. The summed E-state index contributed by atoms with van der Waals surface area (Å²) in [5, 5.41) is 87.1. The summed E-state index contributed by atoms with van der Waals surface area (Å²) in [6.07, 6.45) is 56.3. The molecular weight excluding hydrogens is 1070 g/mol. The fourth-order valence-corrected chi connectivity index (χ4v) is 11.6. The molecule has 14 nitrogen and oxygen atoms in total. The van der Waals surface area contributed by atoms with Gasteiger partial charge in [-0.1, -0.05) is 287 Å². The van der Waals surface area contributed by atoms with Gasteiger partial charge >= 0.3 is 0 Å². The molecule has 9 N–H and O–H groups in total. The molecule has 2 saturated heterocycles. The van der Waals surface area contributed by atoms with Crippen molar-refractivity contribution in [3.63, 3.8) is 0 Å². The summed E-state index contributed by atoms with van der Waals surface area (Å²) in [6, 6.07) is -0.912. The Morgan fingerprint density at radius 1 is 0.424 bits per heavy atom. The van der Waals surface area contributed by atoms with Gasteiger partial charge in [0.1, 0.15) is 48.8 Å². The van der Waals surface area contributed by atoms with Gasteiger partial charge in [0, 0.05) is 6.42 Å². The Morgan fingerprint density at radius 2 is 0.776 bits per heavy atom. The number of unbranched alkanes of at least 4 members (excludes halogenated alkanes) is 39. The van der Waals surface area contributed by atoms with Crippen LogP contribution in [-0.4, -0.2) is 140 Å². The minimum absolute atomic E-state index is 0.236. The highest BCUT2D eigenvalue weighted by molar-refractivity contribution is 5.76. The van der Waals surface area contributed by atoms with Crippen LogP contribution in [0, 0.1) is 0 Å². The van der Waals surface area contributed by atoms with Crippen molar-refractivity contribution in [2.75, 3.05) is 19.8 Å². The van der Waals surface area contributed by atoms with Crippen molar-refractivity contribution in [3.8, 4) is 0 Å². The lowest BCUT2D eigenvalue weighted by atomic mass is 9.97. The maximum atomic E-state index is 13.3. The van der Waals surface area contributed by atoms with Gasteiger partial charge in [-0.15, -0.1) is 0 Å². The highest BCUT2D eigenvalue weighted by Gasteiger charge is 2.51. The van der Waals surface area contributed by atoms with E-state index in [0.717, 1.165) is 51.4 Å². The average Bonchev–Trinajstić information content (AvgIpc) is 3.60. The van der Waals surface area contributed by atoms with Crippen molar-refractivity contribution >= 4 is 5.91 Å². The van der Waals surface area contributed by atoms with Crippen LogP contribution in [0.3, 0.4) is 0 Å². The van der Waals surface area contributed by atoms with Crippen molar-refractivity contribution < 1.29 is 64.6 Å². The molecule has 0 spiro atoms. The van der Waals surface area contributed by atoms with Gasteiger partial charge < -0.3 is 65.1 Å². The fourth-order valence-electron chi connectivity index (χ4n) is 11.6. The molecule has 12 unspecified atom stereocenters. The molecule has 14 heteroatoms. The van der Waals surface area contributed by atoms with E-state index in [-0.39, 0.29) is 18.9 Å². The number of hydrogen-bond acceptors (Lipinski definition) is 13. The van der Waals surface area contributed by atoms with E-state index in [1.54, 1.807) is 6.08 Å². The zero-order chi connectivity index (χ0) is 61.6. The summed E-state index contributed by atoms with van der Waals surface area (Å²) in [7, 11) is 0. The number of ether oxygens (including phenoxy) is 4. The first kappa shape index (κ1) is 79.0. The molecule has 0 radical (unpaired) electrons. The first-order valence-electron chi connectivity index (χ1n) is 35.4. The van der Waals surface area contributed by atoms with Gasteiger partial charge in [0.25, 0.3) is 0 Å². The molecule has 85 heavy (non-hydrogen) atoms. The largest absolute Gasteiger partial charge is 0.394 e. The van der Waals surface area contributed by atoms with Gasteiger partial charge in [-0.05, 0) is 57.8 Å². The molecule has 2 aliphatic rings. The fraction of sp³-hybridized carbons (Fsp3) is 0.873. The lowest BCUT2D eigenvalue weighted by Gasteiger charge is -2.46. The molecule has 2 fully saturated rings. The van der Waals surface area contributed by atoms with E-state index in [9.17, 15) is 45.6 Å². The number of allylic oxidation sites excluding steroid dienone is 7. The number of nitrogens with one attached hydrogen (secondary N) is 1. The Kier molecular flexibility index (Phi) is 52.1. The first-order chi connectivity index (χ1) is 41.6. The van der Waals surface area contributed by atoms with Gasteiger partial charge in [-0.2, -0.15) is 0 Å². The van der Waals surface area contributed by atoms with E-state index in [1.165, 1.54) is 225 Å². The van der Waals surface area contributed by atoms with E-state index < -0.39 is 86.8 Å². The van der Waals surface area contributed by atoms with Gasteiger partial charge in [0.2, 0.25) is 5.91 Å². The SMILES string of the molecule is CCCCCCC/C=C\C/C=C\C/C=C\CCCCCCCCCCCCCCCCCCCCCCCCCCC(=O)NC(COC1OC(CO)C(OC2OC(CO)C(O)C(O)C2O)C(O)C1O)C(O)/C=C/CCCCCCCCCCCC. The highest BCUT2D eigenvalue weighted by atomic mass is 16.7. The third kappa shape index (κ3) is 40.3. The van der Waals surface area contributed by atoms with Crippen LogP contribution in [0.2, 0.25) is 0 Å². The quantitative estimate of drug-likeness (QED) is 0.0204. The van der Waals surface area contributed by atoms with Crippen LogP contribution in [0.5, 0.6) is 0 Å². The Labute approximate surface area is 518 Å². The van der Waals surface area contributed by atoms with Crippen LogP contribution in [0.4, 0.5) is 0 Å². The number of aliphatic hydroxyl groups is 8. The molecule has 0 bridgehead atoms. The van der Waals surface area contributed by atoms with Crippen LogP contribution < -0.4 is 5.32 Å². The summed E-state index contributed by atoms with van der Waals surface area (Å²) in [5.74, 6) is -0.236. The topological polar surface area (TPSA) is 228 Å². The molecule has 2 heterocycles. The van der Waals surface area contributed by atoms with Crippen LogP contribution in [-0.2, 0) is 23.7 Å². The standard InChI is InChI=1S/C71H131NO13/c1-3-5-7-9-11-13-15-17-18-19-20-21-22-23-24-25-26-27-28-29-30-31-32-33-34-35-36-37-38-39-40-41-42-43-45-47-49-51-53-55-63(76)72-59(60(75)54-52-50-48-46-44-16-14-12-10-8-6-4-2)58-82-70-68(81)66(79)69(62(57-74)84-70)85-71-67(80)65(78)64(77)61(56-73)83-71/h15,17,19-20,22-23,52,54,59-62,64-71,73-75,77-81H,3-14,16,18,21,24-51,53,55-58H2,1-2H3,(H,72,76)/b17-15-,20-19-,23-22-,54-52+. The summed E-state index contributed by atoms with van der Waals surface area (Å²) in [4.78, 5) is 13.3. The van der Waals surface area contributed by atoms with Crippen LogP contribution in [0.25, 0.3) is 0 Å². The predicted molar refractivity (Wildman–Crippen MR) is 346 cm³/mol. The molecule has 2 rings (SSSR count). The zero-order valence-corrected chi connectivity index (χ0v) is 54.1. The van der Waals surface area contributed by atoms with Gasteiger partial charge in [0.05, 0.1) is 32.0 Å². The Hall–Kier alpha value is -2.05. The molecule has 12 atom stereocenters. The molecule has 0 aromatic carbocycles. The maximum Gasteiger partial charge on any atom is 0.220 e. The summed E-state index contributed by atoms with van der Waals surface area (Å²) < 4.78 is 22.8. The van der Waals surface area contributed by atoms with Gasteiger partial charge in [-0.3, -0.25) is 4.79 Å². The van der Waals surface area contributed by atoms with E-state index in [1.807, 2.05) is 6.08 Å². The van der Waals surface area contributed by atoms with Crippen molar-refractivity contribution in [2.45, 2.75) is 376 Å². The number of carbonyl (C=O) groups is 1. The maximum absolute atomic E-state index is 13.3. The van der Waals surface area contributed by atoms with Crippen molar-refractivity contribution in [3.05, 3.63) is 48.6 Å². The van der Waals surface area contributed by atoms with Crippen LogP contribution in [0.15, 0.2) is 48.6 Å². The van der Waals surface area contributed by atoms with E-state index >= 15 is 0 Å². The number of aliphatic hydroxyl groups excluding tert-OH is 8. The number of hydrogen-bond donors (Lipinski definition) is 9. The van der Waals surface area contributed by atoms with Gasteiger partial charge in [0.15, 0.2) is 12.6 Å². The van der Waals surface area contributed by atoms with Crippen LogP contribution in [0.1, 0.15) is 303 Å². The third-order valence-electron chi connectivity index (χ3n) is 17.3. The monoisotopic (exact) mass is 1210 g/mol. The number of carbonyl (C=O) groups excluding carboxylic acids is 1. The zero-order valence-electron chi connectivity index (χ0n) is 54.1. The Morgan fingerprint density at radius 3 is 1.19 bits per heavy atom. The van der Waals surface area contributed by atoms with E-state index in [2.05, 4.69) is 55.6 Å². The average molecular weight is 1210 g/mol. The van der Waals surface area contributed by atoms with Crippen molar-refractivity contribution in [2.24, 2.45) is 0 Å². The second-order valence-corrected chi connectivity index (χ2v) is 25.0. The molecule has 0 aliphatic carbocycles. The molecule has 0 aromatic rings. The third-order valence-corrected chi connectivity index (χ3v) is 17.3. The summed E-state index contributed by atoms with van der Waals surface area (Å²) in [6.45, 7) is 2.79. The molecule has 1 amide bonds. The molecule has 498 valence electrons. The highest BCUT2D eigenvalue weighted by Crippen LogP contribution is 2.30. The summed E-state index contributed by atoms with van der Waals surface area (Å²) in [5.41, 5.74) is 0. The predicted octanol–water partition coefficient (Wildman–Crippen LogP) is 14.3. The number of rotatable bonds is 58. The van der Waals surface area contributed by atoms with Gasteiger partial charge in [-0.25, -0.2) is 0 Å². The minimum atomic E-state index is -1.79. The molecule has 2 aliphatic heterocycles. The van der Waals surface area contributed by atoms with E-state index in [0.29, 0.717) is 6.42 Å². The lowest BCUT2D eigenvalue weighted by molar-refractivity contribution is -0.359. The van der Waals surface area contributed by atoms with E-state index in [4.69, 9.17) is 18.9 Å². The smallest absolute Gasteiger partial charge is 0.220 e. The minimum Gasteiger partial charge on any atom is -0.394 e. The molecule has 0 aromatic heterocycles. The Bertz CT molecular complexity index is 1610. The normalized spacial score (nSPS) is 23.8. The second kappa shape index (κ2) is 56.0. The van der Waals surface area contributed by atoms with Crippen LogP contribution >= 0.6 is 0 Å². The second-order valence-electron chi connectivity index (χ2n) is 25.0. The lowest BCUT2D eigenvalue weighted by Crippen LogP contribution is -2.65. The van der Waals surface area contributed by atoms with Crippen molar-refractivity contribution in [1.82, 2.24) is 5.32 Å². The molecule has 0 saturated carbocycles. The number of amides is 1.